The van der Waals surface area contributed by atoms with E-state index in [1.807, 2.05) is 0 Å². The minimum Gasteiger partial charge on any atom is -0.489 e. The number of hydrogen-bond donors (Lipinski definition) is 3. The van der Waals surface area contributed by atoms with Gasteiger partial charge in [0.2, 0.25) is 35.4 Å². The average Bonchev–Trinajstić information content (AvgIpc) is 1.42. The van der Waals surface area contributed by atoms with Crippen LogP contribution in [0.25, 0.3) is 0 Å². The van der Waals surface area contributed by atoms with Gasteiger partial charge >= 0.3 is 0 Å². The lowest BCUT2D eigenvalue weighted by molar-refractivity contribution is -0.144. The summed E-state index contributed by atoms with van der Waals surface area (Å²) in [6, 6.07) is 34.5. The first-order valence-corrected chi connectivity index (χ1v) is 32.8. The number of benzene rings is 6. The Morgan fingerprint density at radius 2 is 0.765 bits per heavy atom. The number of morpholine rings is 3. The molecule has 6 atom stereocenters. The third-order valence-electron chi connectivity index (χ3n) is 18.2. The minimum atomic E-state index is -2.86. The second kappa shape index (κ2) is 31.3. The topological polar surface area (TPSA) is 265 Å². The molecule has 3 N–H and O–H groups in total. The van der Waals surface area contributed by atoms with E-state index in [1.54, 1.807) is 142 Å². The van der Waals surface area contributed by atoms with Gasteiger partial charge in [-0.15, -0.1) is 0 Å². The molecule has 102 heavy (non-hydrogen) atoms. The van der Waals surface area contributed by atoms with Crippen LogP contribution in [0.5, 0.6) is 17.2 Å². The molecule has 15 rings (SSSR count). The molecule has 9 heterocycles. The van der Waals surface area contributed by atoms with E-state index in [9.17, 15) is 43.2 Å². The van der Waals surface area contributed by atoms with Gasteiger partial charge in [-0.1, -0.05) is 111 Å². The number of carbonyl (C=O) groups is 9. The molecular formula is C78H81N9O15. The molecule has 6 aromatic rings. The van der Waals surface area contributed by atoms with E-state index in [-0.39, 0.29) is 94.5 Å². The van der Waals surface area contributed by atoms with E-state index in [2.05, 4.69) is 49.9 Å². The normalized spacial score (nSPS) is 27.7. The number of piperidine rings is 3. The van der Waals surface area contributed by atoms with Crippen molar-refractivity contribution in [2.24, 2.45) is 0 Å². The maximum Gasteiger partial charge on any atom is 0.255 e. The van der Waals surface area contributed by atoms with Crippen LogP contribution in [0.2, 0.25) is 0 Å². The van der Waals surface area contributed by atoms with Gasteiger partial charge in [-0.25, -0.2) is 0 Å². The van der Waals surface area contributed by atoms with Crippen molar-refractivity contribution in [3.8, 4) is 17.2 Å². The number of nitrogens with one attached hydrogen (secondary N) is 3. The quantitative estimate of drug-likeness (QED) is 0.0774. The molecule has 6 saturated heterocycles. The summed E-state index contributed by atoms with van der Waals surface area (Å²) < 4.78 is 149. The maximum atomic E-state index is 13.1. The molecular weight excluding hydrogens is 1300 g/mol. The van der Waals surface area contributed by atoms with Gasteiger partial charge in [-0.3, -0.25) is 43.2 Å². The number of ether oxygens (including phenoxy) is 6. The molecule has 0 aromatic heterocycles. The van der Waals surface area contributed by atoms with Gasteiger partial charge in [0.05, 0.1) is 59.9 Å². The van der Waals surface area contributed by atoms with E-state index in [0.717, 1.165) is 21.6 Å². The summed E-state index contributed by atoms with van der Waals surface area (Å²) in [6.45, 7) is -9.84. The number of allylic oxidation sites excluding steroid dienone is 3. The molecule has 9 aliphatic heterocycles. The molecule has 9 aliphatic rings. The zero-order valence-electron chi connectivity index (χ0n) is 70.1. The Bertz CT molecular complexity index is 4870. The number of rotatable bonds is 18. The van der Waals surface area contributed by atoms with Gasteiger partial charge in [0.15, 0.2) is 0 Å². The highest BCUT2D eigenvalue weighted by atomic mass is 16.5. The first-order valence-electron chi connectivity index (χ1n) is 40.5. The molecule has 0 bridgehead atoms. The van der Waals surface area contributed by atoms with E-state index in [4.69, 9.17) is 34.8 Å². The van der Waals surface area contributed by atoms with Crippen LogP contribution in [-0.2, 0) is 102 Å². The Labute approximate surface area is 611 Å². The van der Waals surface area contributed by atoms with E-state index < -0.39 is 94.8 Å². The molecule has 0 spiro atoms. The molecule has 0 aliphatic carbocycles. The van der Waals surface area contributed by atoms with Crippen molar-refractivity contribution in [2.75, 3.05) is 58.9 Å². The van der Waals surface area contributed by atoms with Crippen LogP contribution in [-0.4, -0.2) is 160 Å². The molecule has 24 nitrogen and oxygen atoms in total. The number of carbonyl (C=O) groups excluding carboxylic acids is 9. The lowest BCUT2D eigenvalue weighted by Gasteiger charge is -2.31. The smallest absolute Gasteiger partial charge is 0.255 e. The fraction of sp³-hybridized carbons (Fsp3) is 0.346. The lowest BCUT2D eigenvalue weighted by Crippen LogP contribution is -2.49. The highest BCUT2D eigenvalue weighted by Crippen LogP contribution is 2.38. The van der Waals surface area contributed by atoms with Crippen LogP contribution >= 0.6 is 0 Å². The Balaban J connectivity index is 0.000000152. The predicted octanol–water partition coefficient (Wildman–Crippen LogP) is 7.12. The molecule has 0 saturated carbocycles. The van der Waals surface area contributed by atoms with Crippen LogP contribution in [0.4, 0.5) is 0 Å². The van der Waals surface area contributed by atoms with E-state index in [0.29, 0.717) is 133 Å². The lowest BCUT2D eigenvalue weighted by atomic mass is 10.0. The monoisotopic (exact) mass is 1400 g/mol. The van der Waals surface area contributed by atoms with Crippen LogP contribution in [0.15, 0.2) is 164 Å². The fourth-order valence-corrected chi connectivity index (χ4v) is 12.8. The number of hydrogen-bond acceptors (Lipinski definition) is 15. The third-order valence-corrected chi connectivity index (χ3v) is 18.2. The molecule has 528 valence electrons. The fourth-order valence-electron chi connectivity index (χ4n) is 12.8. The van der Waals surface area contributed by atoms with Crippen molar-refractivity contribution in [2.45, 2.75) is 116 Å². The third kappa shape index (κ3) is 15.9. The van der Waals surface area contributed by atoms with E-state index in [1.165, 1.54) is 0 Å². The zero-order chi connectivity index (χ0) is 84.3. The summed E-state index contributed by atoms with van der Waals surface area (Å²) in [5.41, 5.74) is 9.55. The van der Waals surface area contributed by atoms with Crippen molar-refractivity contribution in [1.82, 2.24) is 45.3 Å². The van der Waals surface area contributed by atoms with Gasteiger partial charge in [0.1, 0.15) is 74.9 Å². The summed E-state index contributed by atoms with van der Waals surface area (Å²) in [6.07, 6.45) is 3.36. The highest BCUT2D eigenvalue weighted by Gasteiger charge is 2.43. The number of amides is 9. The van der Waals surface area contributed by atoms with Crippen LogP contribution in [0, 0.1) is 0 Å². The van der Waals surface area contributed by atoms with Crippen LogP contribution in [0.3, 0.4) is 0 Å². The predicted molar refractivity (Wildman–Crippen MR) is 371 cm³/mol. The zero-order valence-corrected chi connectivity index (χ0v) is 55.1. The Hall–Kier alpha value is -11.0. The van der Waals surface area contributed by atoms with Gasteiger partial charge in [0, 0.05) is 89.6 Å². The standard InChI is InChI=1S/3C26H27N3O5/c3*1-17-5-10-22(25(31)27-17)29-14-21-20(26(29)32)3-2-4-23(21)34-15-19-8-6-18(7-9-19)13-28-11-12-33-16-24(28)30/h3*2-4,6-9,22H,1,5,10-16H2,(H,27,31)/i11D2,12D2,16D;11D2,12D,16D2;11D,12D2,16D2. The summed E-state index contributed by atoms with van der Waals surface area (Å²) in [4.78, 5) is 121. The van der Waals surface area contributed by atoms with Gasteiger partial charge < -0.3 is 73.8 Å². The van der Waals surface area contributed by atoms with E-state index >= 15 is 0 Å². The summed E-state index contributed by atoms with van der Waals surface area (Å²) in [5, 5.41) is 8.17. The summed E-state index contributed by atoms with van der Waals surface area (Å²) in [7, 11) is 0. The molecule has 6 unspecified atom stereocenters. The van der Waals surface area contributed by atoms with Crippen molar-refractivity contribution >= 4 is 53.2 Å². The Morgan fingerprint density at radius 3 is 1.16 bits per heavy atom. The molecule has 6 fully saturated rings. The largest absolute Gasteiger partial charge is 0.489 e. The van der Waals surface area contributed by atoms with Gasteiger partial charge in [-0.2, -0.15) is 0 Å². The molecule has 9 amide bonds. The molecule has 24 heteroatoms. The minimum absolute atomic E-state index is 0.164. The Kier molecular flexibility index (Phi) is 16.3. The molecule has 6 aromatic carbocycles. The van der Waals surface area contributed by atoms with Crippen LogP contribution in [0.1, 0.15) is 140 Å². The van der Waals surface area contributed by atoms with Gasteiger partial charge in [-0.05, 0) is 108 Å². The number of nitrogens with zero attached hydrogens (tertiary/aromatic N) is 6. The first kappa shape index (κ1) is 53.0. The second-order valence-corrected chi connectivity index (χ2v) is 25.0. The van der Waals surface area contributed by atoms with Crippen molar-refractivity contribution < 1.29 is 92.1 Å². The highest BCUT2D eigenvalue weighted by molar-refractivity contribution is 6.04. The van der Waals surface area contributed by atoms with Crippen molar-refractivity contribution in [3.05, 3.63) is 231 Å². The average molecular weight is 1400 g/mol. The van der Waals surface area contributed by atoms with Gasteiger partial charge in [0.25, 0.3) is 17.7 Å². The molecule has 0 radical (unpaired) electrons. The first-order chi connectivity index (χ1) is 55.1. The maximum absolute atomic E-state index is 13.1. The van der Waals surface area contributed by atoms with Crippen molar-refractivity contribution in [1.29, 1.82) is 0 Å². The van der Waals surface area contributed by atoms with Crippen LogP contribution < -0.4 is 30.2 Å². The Morgan fingerprint density at radius 1 is 0.412 bits per heavy atom. The summed E-state index contributed by atoms with van der Waals surface area (Å²) in [5.74, 6) is -3.02. The SMILES string of the molecule is [2H]C1N(Cc2ccc(COc3cccc4c3CN(C3CCC(=C)NC3=O)C4=O)cc2)C(=O)C([2H])([2H])OC1([2H])[2H].[2H]C1OC([2H])([2H])C(=O)N(Cc2ccc(COc3cccc4c3CN(C3CCC(=C)NC3=O)C4=O)cc2)C1([2H])[2H].[2H]C1OC([2H])([2H])C([2H])([2H])N(Cc2ccc(COc3cccc4c3CN(C3CCC(=C)NC3=O)C4=O)cc2)C1=O. The number of fused-ring (bicyclic) bond motifs is 3. The van der Waals surface area contributed by atoms with Crippen molar-refractivity contribution in [3.63, 3.8) is 0 Å². The summed E-state index contributed by atoms with van der Waals surface area (Å²) >= 11 is 0. The second-order valence-electron chi connectivity index (χ2n) is 25.0.